The van der Waals surface area contributed by atoms with E-state index < -0.39 is 10.0 Å². The van der Waals surface area contributed by atoms with Crippen LogP contribution in [-0.4, -0.2) is 21.4 Å². The van der Waals surface area contributed by atoms with Gasteiger partial charge in [-0.15, -0.1) is 0 Å². The van der Waals surface area contributed by atoms with Crippen molar-refractivity contribution in [2.45, 2.75) is 18.0 Å². The van der Waals surface area contributed by atoms with Gasteiger partial charge in [0.2, 0.25) is 10.0 Å². The van der Waals surface area contributed by atoms with Crippen LogP contribution in [0.4, 0.5) is 0 Å². The van der Waals surface area contributed by atoms with Crippen molar-refractivity contribution in [3.8, 4) is 5.75 Å². The van der Waals surface area contributed by atoms with Gasteiger partial charge in [0.05, 0.1) is 10.5 Å². The SMILES string of the molecule is CNS(=O)(=O)c1cccc(CNC(=O)c2ccccc2OCc2ccccc2Br)c1. The number of ether oxygens (including phenoxy) is 1. The normalized spacial score (nSPS) is 11.1. The molecule has 0 fully saturated rings. The summed E-state index contributed by atoms with van der Waals surface area (Å²) in [7, 11) is -2.19. The van der Waals surface area contributed by atoms with Gasteiger partial charge in [-0.2, -0.15) is 0 Å². The lowest BCUT2D eigenvalue weighted by molar-refractivity contribution is 0.0946. The summed E-state index contributed by atoms with van der Waals surface area (Å²) in [6, 6.07) is 21.1. The zero-order valence-corrected chi connectivity index (χ0v) is 18.7. The van der Waals surface area contributed by atoms with E-state index in [1.54, 1.807) is 36.4 Å². The molecule has 0 spiro atoms. The Morgan fingerprint density at radius 3 is 2.50 bits per heavy atom. The maximum Gasteiger partial charge on any atom is 0.255 e. The highest BCUT2D eigenvalue weighted by Crippen LogP contribution is 2.22. The standard InChI is InChI=1S/C22H21BrN2O4S/c1-24-30(27,28)18-9-6-7-16(13-18)14-25-22(26)19-10-3-5-12-21(19)29-15-17-8-2-4-11-20(17)23/h2-13,24H,14-15H2,1H3,(H,25,26). The maximum absolute atomic E-state index is 12.7. The quantitative estimate of drug-likeness (QED) is 0.503. The number of nitrogens with one attached hydrogen (secondary N) is 2. The molecule has 0 aromatic heterocycles. The lowest BCUT2D eigenvalue weighted by Gasteiger charge is -2.13. The third-order valence-corrected chi connectivity index (χ3v) is 6.59. The summed E-state index contributed by atoms with van der Waals surface area (Å²) in [5.41, 5.74) is 2.05. The molecule has 0 radical (unpaired) electrons. The molecule has 0 aliphatic heterocycles. The van der Waals surface area contributed by atoms with Crippen LogP contribution in [0.2, 0.25) is 0 Å². The number of hydrogen-bond donors (Lipinski definition) is 2. The molecule has 156 valence electrons. The fourth-order valence-corrected chi connectivity index (χ4v) is 3.97. The zero-order valence-electron chi connectivity index (χ0n) is 16.3. The first-order valence-electron chi connectivity index (χ1n) is 9.16. The molecule has 8 heteroatoms. The number of rotatable bonds is 8. The molecule has 1 amide bonds. The molecule has 0 atom stereocenters. The minimum Gasteiger partial charge on any atom is -0.488 e. The summed E-state index contributed by atoms with van der Waals surface area (Å²) < 4.78 is 33.0. The highest BCUT2D eigenvalue weighted by atomic mass is 79.9. The third kappa shape index (κ3) is 5.47. The van der Waals surface area contributed by atoms with Crippen molar-refractivity contribution in [2.24, 2.45) is 0 Å². The van der Waals surface area contributed by atoms with Crippen molar-refractivity contribution in [2.75, 3.05) is 7.05 Å². The van der Waals surface area contributed by atoms with Crippen molar-refractivity contribution in [3.05, 3.63) is 94.0 Å². The van der Waals surface area contributed by atoms with Crippen LogP contribution < -0.4 is 14.8 Å². The molecule has 0 saturated heterocycles. The Morgan fingerprint density at radius 1 is 1.00 bits per heavy atom. The van der Waals surface area contributed by atoms with Gasteiger partial charge in [0.1, 0.15) is 12.4 Å². The van der Waals surface area contributed by atoms with Crippen LogP contribution in [0.15, 0.2) is 82.2 Å². The van der Waals surface area contributed by atoms with E-state index >= 15 is 0 Å². The number of carbonyl (C=O) groups excluding carboxylic acids is 1. The molecule has 0 saturated carbocycles. The minimum absolute atomic E-state index is 0.147. The van der Waals surface area contributed by atoms with Crippen LogP contribution >= 0.6 is 15.9 Å². The molecular weight excluding hydrogens is 468 g/mol. The molecule has 3 aromatic carbocycles. The number of sulfonamides is 1. The summed E-state index contributed by atoms with van der Waals surface area (Å²) in [6.45, 7) is 0.500. The molecule has 3 aromatic rings. The van der Waals surface area contributed by atoms with Gasteiger partial charge in [-0.25, -0.2) is 13.1 Å². The van der Waals surface area contributed by atoms with Crippen LogP contribution in [0, 0.1) is 0 Å². The Hall–Kier alpha value is -2.68. The molecule has 0 unspecified atom stereocenters. The highest BCUT2D eigenvalue weighted by Gasteiger charge is 2.14. The van der Waals surface area contributed by atoms with Crippen LogP contribution in [0.3, 0.4) is 0 Å². The first kappa shape index (κ1) is 22.0. The molecule has 6 nitrogen and oxygen atoms in total. The lowest BCUT2D eigenvalue weighted by Crippen LogP contribution is -2.24. The maximum atomic E-state index is 12.7. The van der Waals surface area contributed by atoms with Gasteiger partial charge in [-0.3, -0.25) is 4.79 Å². The second-order valence-electron chi connectivity index (χ2n) is 6.41. The summed E-state index contributed by atoms with van der Waals surface area (Å²) in [5.74, 6) is 0.164. The third-order valence-electron chi connectivity index (χ3n) is 4.40. The fourth-order valence-electron chi connectivity index (χ4n) is 2.77. The number of benzene rings is 3. The minimum atomic E-state index is -3.54. The Bertz CT molecular complexity index is 1150. The van der Waals surface area contributed by atoms with Gasteiger partial charge in [-0.05, 0) is 42.9 Å². The summed E-state index contributed by atoms with van der Waals surface area (Å²) in [6.07, 6.45) is 0. The topological polar surface area (TPSA) is 84.5 Å². The van der Waals surface area contributed by atoms with Crippen LogP contribution in [0.1, 0.15) is 21.5 Å². The summed E-state index contributed by atoms with van der Waals surface area (Å²) >= 11 is 3.49. The second-order valence-corrected chi connectivity index (χ2v) is 9.15. The number of amides is 1. The average molecular weight is 489 g/mol. The van der Waals surface area contributed by atoms with Gasteiger partial charge < -0.3 is 10.1 Å². The van der Waals surface area contributed by atoms with Crippen LogP contribution in [-0.2, 0) is 23.2 Å². The first-order valence-corrected chi connectivity index (χ1v) is 11.4. The first-order chi connectivity index (χ1) is 14.4. The molecule has 0 bridgehead atoms. The van der Waals surface area contributed by atoms with Gasteiger partial charge in [0.25, 0.3) is 5.91 Å². The molecule has 0 aliphatic rings. The second kappa shape index (κ2) is 9.88. The van der Waals surface area contributed by atoms with Crippen molar-refractivity contribution in [3.63, 3.8) is 0 Å². The van der Waals surface area contributed by atoms with Gasteiger partial charge in [-0.1, -0.05) is 58.4 Å². The van der Waals surface area contributed by atoms with Gasteiger partial charge >= 0.3 is 0 Å². The molecular formula is C22H21BrN2O4S. The van der Waals surface area contributed by atoms with E-state index in [1.165, 1.54) is 19.2 Å². The molecule has 3 rings (SSSR count). The number of halogens is 1. The van der Waals surface area contributed by atoms with Crippen LogP contribution in [0.25, 0.3) is 0 Å². The number of carbonyl (C=O) groups is 1. The smallest absolute Gasteiger partial charge is 0.255 e. The van der Waals surface area contributed by atoms with Crippen molar-refractivity contribution in [1.29, 1.82) is 0 Å². The van der Waals surface area contributed by atoms with E-state index in [1.807, 2.05) is 24.3 Å². The predicted molar refractivity (Wildman–Crippen MR) is 119 cm³/mol. The summed E-state index contributed by atoms with van der Waals surface area (Å²) in [5, 5.41) is 2.82. The van der Waals surface area contributed by atoms with Gasteiger partial charge in [0, 0.05) is 16.6 Å². The van der Waals surface area contributed by atoms with E-state index in [-0.39, 0.29) is 17.3 Å². The van der Waals surface area contributed by atoms with Crippen molar-refractivity contribution in [1.82, 2.24) is 10.0 Å². The monoisotopic (exact) mass is 488 g/mol. The zero-order chi connectivity index (χ0) is 21.6. The van der Waals surface area contributed by atoms with E-state index in [0.29, 0.717) is 23.5 Å². The fraction of sp³-hybridized carbons (Fsp3) is 0.136. The number of hydrogen-bond acceptors (Lipinski definition) is 4. The Labute approximate surface area is 184 Å². The van der Waals surface area contributed by atoms with E-state index in [4.69, 9.17) is 4.74 Å². The average Bonchev–Trinajstić information content (AvgIpc) is 2.77. The predicted octanol–water partition coefficient (Wildman–Crippen LogP) is 3.87. The summed E-state index contributed by atoms with van der Waals surface area (Å²) in [4.78, 5) is 12.9. The molecule has 0 aliphatic carbocycles. The Kier molecular flexibility index (Phi) is 7.25. The van der Waals surface area contributed by atoms with E-state index in [2.05, 4.69) is 26.0 Å². The molecule has 30 heavy (non-hydrogen) atoms. The van der Waals surface area contributed by atoms with E-state index in [0.717, 1.165) is 10.0 Å². The largest absolute Gasteiger partial charge is 0.488 e. The molecule has 0 heterocycles. The Morgan fingerprint density at radius 2 is 1.73 bits per heavy atom. The van der Waals surface area contributed by atoms with Crippen molar-refractivity contribution < 1.29 is 17.9 Å². The molecule has 2 N–H and O–H groups in total. The van der Waals surface area contributed by atoms with Crippen molar-refractivity contribution >= 4 is 31.9 Å². The lowest BCUT2D eigenvalue weighted by atomic mass is 10.1. The van der Waals surface area contributed by atoms with Gasteiger partial charge in [0.15, 0.2) is 0 Å². The van der Waals surface area contributed by atoms with E-state index in [9.17, 15) is 13.2 Å². The van der Waals surface area contributed by atoms with Crippen LogP contribution in [0.5, 0.6) is 5.75 Å². The Balaban J connectivity index is 1.69. The number of para-hydroxylation sites is 1. The highest BCUT2D eigenvalue weighted by molar-refractivity contribution is 9.10.